The van der Waals surface area contributed by atoms with Crippen LogP contribution < -0.4 is 10.2 Å². The van der Waals surface area contributed by atoms with Gasteiger partial charge in [0, 0.05) is 42.5 Å². The number of aromatic amines is 1. The molecule has 8 nitrogen and oxygen atoms in total. The Balaban J connectivity index is 1.36. The van der Waals surface area contributed by atoms with Crippen LogP contribution in [0.1, 0.15) is 68.7 Å². The highest BCUT2D eigenvalue weighted by atomic mass is 16.5. The number of H-pyrrole nitrogens is 1. The van der Waals surface area contributed by atoms with Gasteiger partial charge in [0.05, 0.1) is 13.0 Å². The molecule has 3 aliphatic rings. The van der Waals surface area contributed by atoms with E-state index in [1.165, 1.54) is 57.7 Å². The van der Waals surface area contributed by atoms with Crippen molar-refractivity contribution in [3.05, 3.63) is 23.5 Å². The van der Waals surface area contributed by atoms with E-state index in [2.05, 4.69) is 26.5 Å². The number of methoxy groups -OCH3 is 1. The van der Waals surface area contributed by atoms with Crippen molar-refractivity contribution in [1.29, 1.82) is 0 Å². The third-order valence-electron chi connectivity index (χ3n) is 7.33. The van der Waals surface area contributed by atoms with Gasteiger partial charge in [0.15, 0.2) is 5.82 Å². The summed E-state index contributed by atoms with van der Waals surface area (Å²) in [6.07, 6.45) is 9.82. The van der Waals surface area contributed by atoms with Gasteiger partial charge in [0.25, 0.3) is 0 Å². The molecule has 8 heteroatoms. The van der Waals surface area contributed by atoms with Crippen molar-refractivity contribution >= 4 is 23.6 Å². The molecule has 172 valence electrons. The van der Waals surface area contributed by atoms with E-state index in [0.717, 1.165) is 30.3 Å². The average molecular weight is 439 g/mol. The predicted molar refractivity (Wildman–Crippen MR) is 123 cm³/mol. The third kappa shape index (κ3) is 4.74. The van der Waals surface area contributed by atoms with Gasteiger partial charge >= 0.3 is 5.97 Å². The number of nitrogens with one attached hydrogen (secondary N) is 2. The van der Waals surface area contributed by atoms with Crippen molar-refractivity contribution in [3.63, 3.8) is 0 Å². The molecule has 0 amide bonds. The minimum absolute atomic E-state index is 0.120. The summed E-state index contributed by atoms with van der Waals surface area (Å²) in [5.41, 5.74) is 2.08. The maximum Gasteiger partial charge on any atom is 0.310 e. The number of anilines is 3. The minimum atomic E-state index is -0.131. The monoisotopic (exact) mass is 438 g/mol. The van der Waals surface area contributed by atoms with Gasteiger partial charge < -0.3 is 15.0 Å². The molecular weight excluding hydrogens is 404 g/mol. The zero-order chi connectivity index (χ0) is 22.1. The number of carbonyl (C=O) groups is 1. The maximum absolute atomic E-state index is 12.5. The molecule has 0 radical (unpaired) electrons. The Bertz CT molecular complexity index is 950. The number of carbonyl (C=O) groups excluding carboxylic acids is 1. The van der Waals surface area contributed by atoms with Gasteiger partial charge in [0.2, 0.25) is 5.95 Å². The van der Waals surface area contributed by atoms with Crippen LogP contribution in [0.25, 0.3) is 0 Å². The van der Waals surface area contributed by atoms with Gasteiger partial charge in [0.1, 0.15) is 5.82 Å². The number of aromatic nitrogens is 4. The molecule has 0 bridgehead atoms. The largest absolute Gasteiger partial charge is 0.469 e. The van der Waals surface area contributed by atoms with E-state index in [4.69, 9.17) is 14.7 Å². The quantitative estimate of drug-likeness (QED) is 0.648. The standard InChI is InChI=1S/C24H34N6O2/c1-15-10-21(26-22-12-20(28-29-22)17-8-9-17)27-24(25-15)30-13-18(16-6-4-3-5-7-16)11-19(14-30)23(31)32-2/h10,12,16-19H,3-9,11,13-14H2,1-2H3,(H2,25,26,27,28,29)/t18-,19-/m0/s1. The van der Waals surface area contributed by atoms with Crippen LogP contribution in [0.3, 0.4) is 0 Å². The van der Waals surface area contributed by atoms with Crippen molar-refractivity contribution in [3.8, 4) is 0 Å². The number of nitrogens with zero attached hydrogens (tertiary/aromatic N) is 4. The summed E-state index contributed by atoms with van der Waals surface area (Å²) in [7, 11) is 1.49. The molecule has 3 fully saturated rings. The first-order valence-electron chi connectivity index (χ1n) is 12.1. The molecule has 2 atom stereocenters. The van der Waals surface area contributed by atoms with E-state index < -0.39 is 0 Å². The minimum Gasteiger partial charge on any atom is -0.469 e. The summed E-state index contributed by atoms with van der Waals surface area (Å²) >= 11 is 0. The summed E-state index contributed by atoms with van der Waals surface area (Å²) in [6.45, 7) is 3.49. The first-order valence-corrected chi connectivity index (χ1v) is 12.1. The molecule has 2 aromatic heterocycles. The second-order valence-electron chi connectivity index (χ2n) is 9.82. The molecule has 2 aromatic rings. The van der Waals surface area contributed by atoms with Crippen LogP contribution in [0.4, 0.5) is 17.6 Å². The summed E-state index contributed by atoms with van der Waals surface area (Å²) in [4.78, 5) is 24.2. The molecule has 5 rings (SSSR count). The molecular formula is C24H34N6O2. The summed E-state index contributed by atoms with van der Waals surface area (Å²) in [5, 5.41) is 10.9. The van der Waals surface area contributed by atoms with Crippen molar-refractivity contribution < 1.29 is 9.53 Å². The fraction of sp³-hybridized carbons (Fsp3) is 0.667. The Morgan fingerprint density at radius 1 is 1.06 bits per heavy atom. The molecule has 1 aliphatic heterocycles. The second kappa shape index (κ2) is 9.08. The van der Waals surface area contributed by atoms with Crippen molar-refractivity contribution in [1.82, 2.24) is 20.2 Å². The summed E-state index contributed by atoms with van der Waals surface area (Å²) < 4.78 is 5.13. The Hall–Kier alpha value is -2.64. The zero-order valence-corrected chi connectivity index (χ0v) is 19.1. The SMILES string of the molecule is COC(=O)[C@H]1C[C@H](C2CCCCC2)CN(c2nc(C)cc(Nc3cc(C4CC4)[nH]n3)n2)C1. The number of hydrogen-bond acceptors (Lipinski definition) is 7. The smallest absolute Gasteiger partial charge is 0.310 e. The lowest BCUT2D eigenvalue weighted by molar-refractivity contribution is -0.146. The lowest BCUT2D eigenvalue weighted by atomic mass is 9.74. The van der Waals surface area contributed by atoms with Crippen LogP contribution >= 0.6 is 0 Å². The molecule has 1 saturated heterocycles. The van der Waals surface area contributed by atoms with Crippen LogP contribution in [0.15, 0.2) is 12.1 Å². The normalized spacial score (nSPS) is 24.4. The van der Waals surface area contributed by atoms with Gasteiger partial charge in [-0.2, -0.15) is 10.1 Å². The molecule has 2 N–H and O–H groups in total. The number of ether oxygens (including phenoxy) is 1. The van der Waals surface area contributed by atoms with E-state index in [1.807, 2.05) is 13.0 Å². The number of rotatable bonds is 6. The molecule has 2 aliphatic carbocycles. The molecule has 2 saturated carbocycles. The Morgan fingerprint density at radius 3 is 2.62 bits per heavy atom. The fourth-order valence-corrected chi connectivity index (χ4v) is 5.48. The van der Waals surface area contributed by atoms with E-state index in [9.17, 15) is 4.79 Å². The average Bonchev–Trinajstić information content (AvgIpc) is 3.57. The lowest BCUT2D eigenvalue weighted by Gasteiger charge is -2.41. The van der Waals surface area contributed by atoms with E-state index in [1.54, 1.807) is 0 Å². The van der Waals surface area contributed by atoms with Crippen LogP contribution in [0.5, 0.6) is 0 Å². The Kier molecular flexibility index (Phi) is 6.02. The highest BCUT2D eigenvalue weighted by Gasteiger charge is 2.37. The highest BCUT2D eigenvalue weighted by molar-refractivity contribution is 5.73. The third-order valence-corrected chi connectivity index (χ3v) is 7.33. The maximum atomic E-state index is 12.5. The van der Waals surface area contributed by atoms with Gasteiger partial charge in [-0.1, -0.05) is 32.1 Å². The topological polar surface area (TPSA) is 96.0 Å². The van der Waals surface area contributed by atoms with E-state index in [0.29, 0.717) is 30.2 Å². The predicted octanol–water partition coefficient (Wildman–Crippen LogP) is 4.32. The molecule has 32 heavy (non-hydrogen) atoms. The molecule has 3 heterocycles. The van der Waals surface area contributed by atoms with Crippen molar-refractivity contribution in [2.45, 2.75) is 64.2 Å². The number of esters is 1. The first-order chi connectivity index (χ1) is 15.6. The van der Waals surface area contributed by atoms with Gasteiger partial charge in [-0.05, 0) is 38.0 Å². The zero-order valence-electron chi connectivity index (χ0n) is 19.1. The van der Waals surface area contributed by atoms with Gasteiger partial charge in [-0.3, -0.25) is 9.89 Å². The van der Waals surface area contributed by atoms with E-state index in [-0.39, 0.29) is 11.9 Å². The number of aryl methyl sites for hydroxylation is 1. The summed E-state index contributed by atoms with van der Waals surface area (Å²) in [5.74, 6) is 3.71. The van der Waals surface area contributed by atoms with Gasteiger partial charge in [-0.25, -0.2) is 4.98 Å². The van der Waals surface area contributed by atoms with E-state index >= 15 is 0 Å². The number of piperidine rings is 1. The van der Waals surface area contributed by atoms with Crippen LogP contribution in [0, 0.1) is 24.7 Å². The second-order valence-corrected chi connectivity index (χ2v) is 9.82. The van der Waals surface area contributed by atoms with Gasteiger partial charge in [-0.15, -0.1) is 0 Å². The Labute approximate surface area is 189 Å². The van der Waals surface area contributed by atoms with Crippen molar-refractivity contribution in [2.24, 2.45) is 17.8 Å². The van der Waals surface area contributed by atoms with Crippen LogP contribution in [0.2, 0.25) is 0 Å². The highest BCUT2D eigenvalue weighted by Crippen LogP contribution is 2.40. The Morgan fingerprint density at radius 2 is 1.88 bits per heavy atom. The molecule has 0 spiro atoms. The van der Waals surface area contributed by atoms with Crippen LogP contribution in [-0.2, 0) is 9.53 Å². The number of hydrogen-bond donors (Lipinski definition) is 2. The lowest BCUT2D eigenvalue weighted by Crippen LogP contribution is -2.46. The fourth-order valence-electron chi connectivity index (χ4n) is 5.48. The summed E-state index contributed by atoms with van der Waals surface area (Å²) in [6, 6.07) is 4.01. The first kappa shape index (κ1) is 21.2. The van der Waals surface area contributed by atoms with Crippen LogP contribution in [-0.4, -0.2) is 46.3 Å². The molecule has 0 aromatic carbocycles. The van der Waals surface area contributed by atoms with Crippen molar-refractivity contribution in [2.75, 3.05) is 30.4 Å². The molecule has 0 unspecified atom stereocenters.